The molecule has 1 unspecified atom stereocenters. The van der Waals surface area contributed by atoms with Crippen molar-refractivity contribution >= 4 is 10.8 Å². The largest absolute Gasteiger partial charge is 0.308 e. The summed E-state index contributed by atoms with van der Waals surface area (Å²) >= 11 is 0. The molecule has 3 rings (SSSR count). The third-order valence-corrected chi connectivity index (χ3v) is 2.86. The number of benzene rings is 1. The number of pyridine rings is 1. The molecule has 0 radical (unpaired) electrons. The molecule has 1 aromatic carbocycles. The van der Waals surface area contributed by atoms with Gasteiger partial charge in [-0.1, -0.05) is 24.3 Å². The van der Waals surface area contributed by atoms with Crippen LogP contribution in [-0.4, -0.2) is 11.5 Å². The molecule has 0 aliphatic carbocycles. The molecule has 0 saturated carbocycles. The van der Waals surface area contributed by atoms with E-state index in [1.54, 1.807) is 0 Å². The molecule has 1 saturated heterocycles. The predicted octanol–water partition coefficient (Wildman–Crippen LogP) is 2.27. The second-order valence-corrected chi connectivity index (χ2v) is 3.71. The zero-order chi connectivity index (χ0) is 9.38. The van der Waals surface area contributed by atoms with Crippen molar-refractivity contribution in [2.75, 3.05) is 6.54 Å². The summed E-state index contributed by atoms with van der Waals surface area (Å²) in [7, 11) is 0. The maximum absolute atomic E-state index is 4.47. The summed E-state index contributed by atoms with van der Waals surface area (Å²) in [5.41, 5.74) is 1.20. The first-order chi connectivity index (χ1) is 6.95. The molecular formula is C12H12N2. The molecule has 1 N–H and O–H groups in total. The summed E-state index contributed by atoms with van der Waals surface area (Å²) in [5, 5.41) is 5.96. The molecule has 2 heterocycles. The topological polar surface area (TPSA) is 24.9 Å². The Labute approximate surface area is 83.0 Å². The Morgan fingerprint density at radius 3 is 2.86 bits per heavy atom. The highest BCUT2D eigenvalue weighted by atomic mass is 15.0. The Morgan fingerprint density at radius 1 is 1.21 bits per heavy atom. The molecule has 1 aliphatic rings. The minimum atomic E-state index is 0.473. The van der Waals surface area contributed by atoms with Crippen LogP contribution in [-0.2, 0) is 0 Å². The van der Waals surface area contributed by atoms with Crippen molar-refractivity contribution < 1.29 is 0 Å². The van der Waals surface area contributed by atoms with Crippen molar-refractivity contribution in [1.29, 1.82) is 0 Å². The number of fused-ring (bicyclic) bond motifs is 1. The first kappa shape index (κ1) is 7.94. The summed E-state index contributed by atoms with van der Waals surface area (Å²) in [4.78, 5) is 4.47. The quantitative estimate of drug-likeness (QED) is 0.735. The van der Waals surface area contributed by atoms with E-state index in [4.69, 9.17) is 0 Å². The molecule has 0 spiro atoms. The van der Waals surface area contributed by atoms with E-state index in [1.807, 2.05) is 6.20 Å². The zero-order valence-corrected chi connectivity index (χ0v) is 7.90. The molecule has 1 atom stereocenters. The third-order valence-electron chi connectivity index (χ3n) is 2.86. The van der Waals surface area contributed by atoms with Gasteiger partial charge in [0.15, 0.2) is 0 Å². The average Bonchev–Trinajstić information content (AvgIpc) is 2.16. The van der Waals surface area contributed by atoms with Gasteiger partial charge < -0.3 is 5.32 Å². The molecule has 14 heavy (non-hydrogen) atoms. The summed E-state index contributed by atoms with van der Waals surface area (Å²) < 4.78 is 0. The van der Waals surface area contributed by atoms with Gasteiger partial charge in [0.2, 0.25) is 0 Å². The van der Waals surface area contributed by atoms with Crippen molar-refractivity contribution in [2.24, 2.45) is 0 Å². The van der Waals surface area contributed by atoms with Crippen molar-refractivity contribution in [2.45, 2.75) is 12.5 Å². The van der Waals surface area contributed by atoms with E-state index in [9.17, 15) is 0 Å². The predicted molar refractivity (Wildman–Crippen MR) is 57.1 cm³/mol. The van der Waals surface area contributed by atoms with Gasteiger partial charge in [0.05, 0.1) is 11.7 Å². The van der Waals surface area contributed by atoms with Gasteiger partial charge in [0, 0.05) is 11.6 Å². The van der Waals surface area contributed by atoms with Crippen LogP contribution in [0.15, 0.2) is 36.5 Å². The third kappa shape index (κ3) is 1.11. The normalized spacial score (nSPS) is 20.7. The Kier molecular flexibility index (Phi) is 1.74. The molecular weight excluding hydrogens is 172 g/mol. The Bertz CT molecular complexity index is 455. The minimum absolute atomic E-state index is 0.473. The monoisotopic (exact) mass is 184 g/mol. The van der Waals surface area contributed by atoms with Crippen molar-refractivity contribution in [1.82, 2.24) is 10.3 Å². The SMILES string of the molecule is c1ccc2c(C3CCN3)nccc2c1. The fourth-order valence-electron chi connectivity index (χ4n) is 1.94. The van der Waals surface area contributed by atoms with Crippen LogP contribution < -0.4 is 5.32 Å². The fraction of sp³-hybridized carbons (Fsp3) is 0.250. The number of nitrogens with zero attached hydrogens (tertiary/aromatic N) is 1. The Balaban J connectivity index is 2.22. The van der Waals surface area contributed by atoms with E-state index in [1.165, 1.54) is 22.9 Å². The van der Waals surface area contributed by atoms with Gasteiger partial charge >= 0.3 is 0 Å². The lowest BCUT2D eigenvalue weighted by atomic mass is 9.98. The van der Waals surface area contributed by atoms with Gasteiger partial charge in [-0.25, -0.2) is 0 Å². The van der Waals surface area contributed by atoms with Gasteiger partial charge in [-0.2, -0.15) is 0 Å². The second kappa shape index (κ2) is 3.07. The molecule has 2 heteroatoms. The summed E-state index contributed by atoms with van der Waals surface area (Å²) in [6.07, 6.45) is 3.11. The van der Waals surface area contributed by atoms with Crippen molar-refractivity contribution in [3.8, 4) is 0 Å². The first-order valence-electron chi connectivity index (χ1n) is 5.02. The lowest BCUT2D eigenvalue weighted by Gasteiger charge is -2.27. The standard InChI is InChI=1S/C12H12N2/c1-2-4-10-9(3-1)5-7-14-12(10)11-6-8-13-11/h1-5,7,11,13H,6,8H2. The van der Waals surface area contributed by atoms with Crippen LogP contribution in [0.5, 0.6) is 0 Å². The minimum Gasteiger partial charge on any atom is -0.308 e. The van der Waals surface area contributed by atoms with E-state index >= 15 is 0 Å². The lowest BCUT2D eigenvalue weighted by molar-refractivity contribution is 0.378. The molecule has 70 valence electrons. The second-order valence-electron chi connectivity index (χ2n) is 3.71. The summed E-state index contributed by atoms with van der Waals surface area (Å²) in [5.74, 6) is 0. The van der Waals surface area contributed by atoms with Gasteiger partial charge in [0.1, 0.15) is 0 Å². The van der Waals surface area contributed by atoms with Crippen LogP contribution in [0.1, 0.15) is 18.2 Å². The molecule has 1 fully saturated rings. The van der Waals surface area contributed by atoms with E-state index in [0.717, 1.165) is 6.54 Å². The van der Waals surface area contributed by atoms with Crippen LogP contribution in [0.3, 0.4) is 0 Å². The Morgan fingerprint density at radius 2 is 2.07 bits per heavy atom. The molecule has 0 bridgehead atoms. The van der Waals surface area contributed by atoms with Crippen molar-refractivity contribution in [3.63, 3.8) is 0 Å². The van der Waals surface area contributed by atoms with Gasteiger partial charge in [-0.05, 0) is 24.4 Å². The molecule has 2 nitrogen and oxygen atoms in total. The first-order valence-corrected chi connectivity index (χ1v) is 5.02. The summed E-state index contributed by atoms with van der Waals surface area (Å²) in [6, 6.07) is 11.0. The number of rotatable bonds is 1. The highest BCUT2D eigenvalue weighted by Crippen LogP contribution is 2.27. The van der Waals surface area contributed by atoms with Crippen LogP contribution in [0.2, 0.25) is 0 Å². The van der Waals surface area contributed by atoms with Crippen LogP contribution in [0, 0.1) is 0 Å². The molecule has 1 aromatic heterocycles. The van der Waals surface area contributed by atoms with Crippen molar-refractivity contribution in [3.05, 3.63) is 42.2 Å². The number of nitrogens with one attached hydrogen (secondary N) is 1. The summed E-state index contributed by atoms with van der Waals surface area (Å²) in [6.45, 7) is 1.12. The van der Waals surface area contributed by atoms with Crippen LogP contribution in [0.4, 0.5) is 0 Å². The Hall–Kier alpha value is -1.41. The fourth-order valence-corrected chi connectivity index (χ4v) is 1.94. The van der Waals surface area contributed by atoms with E-state index in [-0.39, 0.29) is 0 Å². The average molecular weight is 184 g/mol. The maximum atomic E-state index is 4.47. The molecule has 2 aromatic rings. The number of aromatic nitrogens is 1. The van der Waals surface area contributed by atoms with E-state index in [2.05, 4.69) is 40.6 Å². The smallest absolute Gasteiger partial charge is 0.0651 e. The zero-order valence-electron chi connectivity index (χ0n) is 7.90. The van der Waals surface area contributed by atoms with E-state index in [0.29, 0.717) is 6.04 Å². The van der Waals surface area contributed by atoms with Gasteiger partial charge in [-0.3, -0.25) is 4.98 Å². The van der Waals surface area contributed by atoms with Gasteiger partial charge in [0.25, 0.3) is 0 Å². The maximum Gasteiger partial charge on any atom is 0.0651 e. The number of hydrogen-bond acceptors (Lipinski definition) is 2. The van der Waals surface area contributed by atoms with Gasteiger partial charge in [-0.15, -0.1) is 0 Å². The lowest BCUT2D eigenvalue weighted by Crippen LogP contribution is -2.35. The number of hydrogen-bond donors (Lipinski definition) is 1. The highest BCUT2D eigenvalue weighted by molar-refractivity contribution is 5.84. The molecule has 1 aliphatic heterocycles. The van der Waals surface area contributed by atoms with Crippen LogP contribution in [0.25, 0.3) is 10.8 Å². The highest BCUT2D eigenvalue weighted by Gasteiger charge is 2.21. The van der Waals surface area contributed by atoms with E-state index < -0.39 is 0 Å². The molecule has 0 amide bonds. The van der Waals surface area contributed by atoms with Crippen LogP contribution >= 0.6 is 0 Å².